The second-order valence-electron chi connectivity index (χ2n) is 6.72. The fraction of sp³-hybridized carbons (Fsp3) is 0.333. The largest absolute Gasteiger partial charge is 0.507 e. The Labute approximate surface area is 153 Å². The predicted molar refractivity (Wildman–Crippen MR) is 98.6 cm³/mol. The van der Waals surface area contributed by atoms with Crippen LogP contribution >= 0.6 is 0 Å². The van der Waals surface area contributed by atoms with Gasteiger partial charge in [-0.05, 0) is 30.5 Å². The van der Waals surface area contributed by atoms with Crippen molar-refractivity contribution in [3.8, 4) is 11.5 Å². The molecule has 0 aromatic heterocycles. The number of ether oxygens (including phenoxy) is 1. The molecule has 2 aromatic rings. The maximum Gasteiger partial charge on any atom is 0.258 e. The highest BCUT2D eigenvalue weighted by Gasteiger charge is 2.37. The van der Waals surface area contributed by atoms with E-state index in [9.17, 15) is 14.7 Å². The van der Waals surface area contributed by atoms with Gasteiger partial charge in [0.1, 0.15) is 22.8 Å². The van der Waals surface area contributed by atoms with Crippen LogP contribution in [0.3, 0.4) is 0 Å². The summed E-state index contributed by atoms with van der Waals surface area (Å²) in [6, 6.07) is 14.7. The number of aromatic hydroxyl groups is 1. The molecule has 1 saturated carbocycles. The highest BCUT2D eigenvalue weighted by molar-refractivity contribution is 5.99. The van der Waals surface area contributed by atoms with Gasteiger partial charge in [0.15, 0.2) is 0 Å². The molecule has 1 aliphatic carbocycles. The zero-order chi connectivity index (χ0) is 18.6. The molecule has 26 heavy (non-hydrogen) atoms. The van der Waals surface area contributed by atoms with Crippen LogP contribution in [0.5, 0.6) is 11.5 Å². The Morgan fingerprint density at radius 1 is 1.12 bits per heavy atom. The van der Waals surface area contributed by atoms with Crippen LogP contribution in [-0.4, -0.2) is 30.5 Å². The van der Waals surface area contributed by atoms with Crippen LogP contribution in [0.25, 0.3) is 0 Å². The first-order valence-corrected chi connectivity index (χ1v) is 8.77. The lowest BCUT2D eigenvalue weighted by Crippen LogP contribution is -2.43. The van der Waals surface area contributed by atoms with Crippen LogP contribution in [0.4, 0.5) is 0 Å². The van der Waals surface area contributed by atoms with E-state index >= 15 is 0 Å². The number of Topliss-reactive ketones (excluding diaryl/α,β-unsaturated/α-hetero) is 1. The summed E-state index contributed by atoms with van der Waals surface area (Å²) in [5.74, 6) is 0.0990. The number of phenolic OH excluding ortho intramolecular Hbond substituents is 1. The van der Waals surface area contributed by atoms with E-state index in [1.807, 2.05) is 30.3 Å². The second kappa shape index (κ2) is 7.60. The Hall–Kier alpha value is -2.82. The number of amides is 1. The number of ketones is 1. The summed E-state index contributed by atoms with van der Waals surface area (Å²) in [4.78, 5) is 24.4. The van der Waals surface area contributed by atoms with Crippen molar-refractivity contribution in [3.63, 3.8) is 0 Å². The summed E-state index contributed by atoms with van der Waals surface area (Å²) in [5.41, 5.74) is 0.977. The summed E-state index contributed by atoms with van der Waals surface area (Å²) in [5, 5.41) is 13.0. The topological polar surface area (TPSA) is 75.6 Å². The van der Waals surface area contributed by atoms with E-state index in [4.69, 9.17) is 4.74 Å². The average Bonchev–Trinajstić information content (AvgIpc) is 2.68. The quantitative estimate of drug-likeness (QED) is 0.865. The van der Waals surface area contributed by atoms with Gasteiger partial charge in [-0.15, -0.1) is 0 Å². The molecule has 0 aliphatic heterocycles. The van der Waals surface area contributed by atoms with Crippen molar-refractivity contribution in [3.05, 3.63) is 59.7 Å². The van der Waals surface area contributed by atoms with E-state index in [-0.39, 0.29) is 28.4 Å². The molecule has 0 atom stereocenters. The molecule has 0 unspecified atom stereocenters. The van der Waals surface area contributed by atoms with Crippen LogP contribution < -0.4 is 10.1 Å². The van der Waals surface area contributed by atoms with Crippen molar-refractivity contribution in [2.45, 2.75) is 31.1 Å². The number of rotatable bonds is 5. The van der Waals surface area contributed by atoms with Gasteiger partial charge < -0.3 is 15.2 Å². The van der Waals surface area contributed by atoms with E-state index in [0.29, 0.717) is 38.0 Å². The first kappa shape index (κ1) is 18.0. The number of methoxy groups -OCH3 is 1. The van der Waals surface area contributed by atoms with Crippen LogP contribution in [0, 0.1) is 0 Å². The minimum atomic E-state index is -0.382. The molecule has 3 rings (SSSR count). The zero-order valence-corrected chi connectivity index (χ0v) is 14.8. The molecular formula is C21H23NO4. The van der Waals surface area contributed by atoms with E-state index in [0.717, 1.165) is 5.56 Å². The Kier molecular flexibility index (Phi) is 5.26. The maximum atomic E-state index is 12.7. The molecule has 1 fully saturated rings. The maximum absolute atomic E-state index is 12.7. The molecule has 0 bridgehead atoms. The number of carbonyl (C=O) groups is 2. The highest BCUT2D eigenvalue weighted by atomic mass is 16.5. The van der Waals surface area contributed by atoms with Crippen molar-refractivity contribution in [2.75, 3.05) is 13.7 Å². The summed E-state index contributed by atoms with van der Waals surface area (Å²) >= 11 is 0. The molecule has 5 heteroatoms. The first-order chi connectivity index (χ1) is 12.6. The molecule has 0 heterocycles. The number of carbonyl (C=O) groups excluding carboxylic acids is 2. The SMILES string of the molecule is COc1cccc(O)c1C(=O)NCC1(c2ccccc2)CCC(=O)CC1. The summed E-state index contributed by atoms with van der Waals surface area (Å²) < 4.78 is 5.20. The molecule has 136 valence electrons. The molecule has 2 N–H and O–H groups in total. The molecule has 0 radical (unpaired) electrons. The summed E-state index contributed by atoms with van der Waals surface area (Å²) in [6.07, 6.45) is 2.44. The van der Waals surface area contributed by atoms with Gasteiger partial charge in [-0.1, -0.05) is 36.4 Å². The van der Waals surface area contributed by atoms with Crippen LogP contribution in [-0.2, 0) is 10.2 Å². The second-order valence-corrected chi connectivity index (χ2v) is 6.72. The van der Waals surface area contributed by atoms with Gasteiger partial charge in [-0.3, -0.25) is 9.59 Å². The fourth-order valence-corrected chi connectivity index (χ4v) is 3.62. The van der Waals surface area contributed by atoms with Crippen molar-refractivity contribution < 1.29 is 19.4 Å². The normalized spacial score (nSPS) is 16.1. The Morgan fingerprint density at radius 2 is 1.81 bits per heavy atom. The zero-order valence-electron chi connectivity index (χ0n) is 14.8. The fourth-order valence-electron chi connectivity index (χ4n) is 3.62. The van der Waals surface area contributed by atoms with E-state index in [1.54, 1.807) is 12.1 Å². The van der Waals surface area contributed by atoms with E-state index < -0.39 is 0 Å². The van der Waals surface area contributed by atoms with Gasteiger partial charge in [-0.2, -0.15) is 0 Å². The molecule has 2 aromatic carbocycles. The number of benzene rings is 2. The lowest BCUT2D eigenvalue weighted by Gasteiger charge is -2.37. The molecule has 0 spiro atoms. The van der Waals surface area contributed by atoms with Crippen molar-refractivity contribution in [1.82, 2.24) is 5.32 Å². The minimum absolute atomic E-state index is 0.116. The molecule has 1 amide bonds. The van der Waals surface area contributed by atoms with Gasteiger partial charge in [0.2, 0.25) is 0 Å². The summed E-state index contributed by atoms with van der Waals surface area (Å²) in [7, 11) is 1.46. The lowest BCUT2D eigenvalue weighted by atomic mass is 9.69. The van der Waals surface area contributed by atoms with Crippen LogP contribution in [0.2, 0.25) is 0 Å². The van der Waals surface area contributed by atoms with Gasteiger partial charge in [0.25, 0.3) is 5.91 Å². The van der Waals surface area contributed by atoms with Crippen molar-refractivity contribution in [2.24, 2.45) is 0 Å². The Balaban J connectivity index is 1.83. The highest BCUT2D eigenvalue weighted by Crippen LogP contribution is 2.38. The van der Waals surface area contributed by atoms with Crippen molar-refractivity contribution >= 4 is 11.7 Å². The molecule has 1 aliphatic rings. The molecule has 5 nitrogen and oxygen atoms in total. The smallest absolute Gasteiger partial charge is 0.258 e. The Morgan fingerprint density at radius 3 is 2.46 bits per heavy atom. The Bertz CT molecular complexity index is 791. The van der Waals surface area contributed by atoms with Gasteiger partial charge in [-0.25, -0.2) is 0 Å². The van der Waals surface area contributed by atoms with E-state index in [1.165, 1.54) is 13.2 Å². The minimum Gasteiger partial charge on any atom is -0.507 e. The number of nitrogens with one attached hydrogen (secondary N) is 1. The first-order valence-electron chi connectivity index (χ1n) is 8.77. The number of phenols is 1. The van der Waals surface area contributed by atoms with Gasteiger partial charge in [0, 0.05) is 24.8 Å². The third-order valence-corrected chi connectivity index (χ3v) is 5.19. The number of hydrogen-bond donors (Lipinski definition) is 2. The standard InChI is InChI=1S/C21H23NO4/c1-26-18-9-5-8-17(24)19(18)20(25)22-14-21(12-10-16(23)11-13-21)15-6-3-2-4-7-15/h2-9,24H,10-14H2,1H3,(H,22,25). The molecule has 0 saturated heterocycles. The monoisotopic (exact) mass is 353 g/mol. The lowest BCUT2D eigenvalue weighted by molar-refractivity contribution is -0.121. The third kappa shape index (κ3) is 3.57. The third-order valence-electron chi connectivity index (χ3n) is 5.19. The predicted octanol–water partition coefficient (Wildman–Crippen LogP) is 3.21. The number of hydrogen-bond acceptors (Lipinski definition) is 4. The van der Waals surface area contributed by atoms with Crippen molar-refractivity contribution in [1.29, 1.82) is 0 Å². The van der Waals surface area contributed by atoms with Gasteiger partial charge >= 0.3 is 0 Å². The van der Waals surface area contributed by atoms with Gasteiger partial charge in [0.05, 0.1) is 7.11 Å². The van der Waals surface area contributed by atoms with Crippen LogP contribution in [0.1, 0.15) is 41.6 Å². The van der Waals surface area contributed by atoms with Crippen LogP contribution in [0.15, 0.2) is 48.5 Å². The molecular weight excluding hydrogens is 330 g/mol. The summed E-state index contributed by atoms with van der Waals surface area (Å²) in [6.45, 7) is 0.403. The average molecular weight is 353 g/mol. The van der Waals surface area contributed by atoms with E-state index in [2.05, 4.69) is 5.32 Å².